The first-order valence-corrected chi connectivity index (χ1v) is 7.73. The molecule has 7 nitrogen and oxygen atoms in total. The highest BCUT2D eigenvalue weighted by Gasteiger charge is 2.25. The fraction of sp³-hybridized carbons (Fsp3) is 0.250. The minimum absolute atomic E-state index is 0.0228. The summed E-state index contributed by atoms with van der Waals surface area (Å²) in [5.41, 5.74) is 0.861. The number of nitrogens with zero attached hydrogens (tertiary/aromatic N) is 4. The first-order chi connectivity index (χ1) is 11.5. The van der Waals surface area contributed by atoms with E-state index in [0.29, 0.717) is 30.5 Å². The molecule has 3 rings (SSSR count). The Bertz CT molecular complexity index is 766. The van der Waals surface area contributed by atoms with E-state index in [2.05, 4.69) is 9.97 Å². The van der Waals surface area contributed by atoms with Crippen LogP contribution in [0.25, 0.3) is 0 Å². The second-order valence-corrected chi connectivity index (χ2v) is 5.87. The molecule has 1 fully saturated rings. The number of carboxylic acid groups (broad SMARTS) is 1. The molecule has 1 aromatic heterocycles. The average molecular weight is 347 g/mol. The van der Waals surface area contributed by atoms with E-state index in [1.54, 1.807) is 15.9 Å². The molecule has 1 aliphatic heterocycles. The molecule has 2 heterocycles. The SMILES string of the molecule is O=C(O)c1cnc(N2CCN(Cc3cccc(Cl)c3)C(=O)C2)cn1. The number of benzene rings is 1. The Kier molecular flexibility index (Phi) is 4.61. The lowest BCUT2D eigenvalue weighted by molar-refractivity contribution is -0.131. The lowest BCUT2D eigenvalue weighted by Gasteiger charge is -2.34. The molecule has 0 bridgehead atoms. The van der Waals surface area contributed by atoms with E-state index in [9.17, 15) is 9.59 Å². The Morgan fingerprint density at radius 1 is 1.25 bits per heavy atom. The Labute approximate surface area is 143 Å². The van der Waals surface area contributed by atoms with Crippen LogP contribution in [0.5, 0.6) is 0 Å². The quantitative estimate of drug-likeness (QED) is 0.906. The molecule has 124 valence electrons. The van der Waals surface area contributed by atoms with Gasteiger partial charge in [-0.1, -0.05) is 23.7 Å². The fourth-order valence-corrected chi connectivity index (χ4v) is 2.73. The van der Waals surface area contributed by atoms with Gasteiger partial charge in [-0.3, -0.25) is 4.79 Å². The second kappa shape index (κ2) is 6.84. The van der Waals surface area contributed by atoms with Crippen molar-refractivity contribution in [3.8, 4) is 0 Å². The maximum atomic E-state index is 12.4. The van der Waals surface area contributed by atoms with Crippen molar-refractivity contribution in [3.63, 3.8) is 0 Å². The number of rotatable bonds is 4. The fourth-order valence-electron chi connectivity index (χ4n) is 2.52. The zero-order valence-electron chi connectivity index (χ0n) is 12.7. The van der Waals surface area contributed by atoms with Gasteiger partial charge in [0.15, 0.2) is 5.69 Å². The molecule has 1 aromatic carbocycles. The van der Waals surface area contributed by atoms with Gasteiger partial charge in [0.05, 0.1) is 18.9 Å². The minimum atomic E-state index is -1.13. The van der Waals surface area contributed by atoms with Gasteiger partial charge in [0.25, 0.3) is 0 Å². The van der Waals surface area contributed by atoms with Crippen molar-refractivity contribution in [3.05, 3.63) is 52.9 Å². The first kappa shape index (κ1) is 16.2. The molecule has 0 atom stereocenters. The normalized spacial score (nSPS) is 14.8. The van der Waals surface area contributed by atoms with Crippen molar-refractivity contribution in [1.82, 2.24) is 14.9 Å². The molecule has 1 saturated heterocycles. The number of carbonyl (C=O) groups excluding carboxylic acids is 1. The molecule has 0 unspecified atom stereocenters. The molecule has 1 amide bonds. The number of piperazine rings is 1. The number of aromatic nitrogens is 2. The van der Waals surface area contributed by atoms with E-state index in [0.717, 1.165) is 5.56 Å². The van der Waals surface area contributed by atoms with Crippen LogP contribution in [0.1, 0.15) is 16.1 Å². The van der Waals surface area contributed by atoms with Crippen molar-refractivity contribution in [1.29, 1.82) is 0 Å². The van der Waals surface area contributed by atoms with E-state index in [1.165, 1.54) is 12.4 Å². The van der Waals surface area contributed by atoms with Crippen molar-refractivity contribution in [2.75, 3.05) is 24.5 Å². The third-order valence-electron chi connectivity index (χ3n) is 3.76. The van der Waals surface area contributed by atoms with Crippen LogP contribution in [-0.2, 0) is 11.3 Å². The molecule has 0 aliphatic carbocycles. The van der Waals surface area contributed by atoms with Gasteiger partial charge in [0, 0.05) is 24.7 Å². The molecule has 0 saturated carbocycles. The maximum Gasteiger partial charge on any atom is 0.356 e. The van der Waals surface area contributed by atoms with E-state index in [1.807, 2.05) is 18.2 Å². The summed E-state index contributed by atoms with van der Waals surface area (Å²) in [4.78, 5) is 34.6. The number of hydrogen-bond acceptors (Lipinski definition) is 5. The van der Waals surface area contributed by atoms with Crippen molar-refractivity contribution in [2.24, 2.45) is 0 Å². The third kappa shape index (κ3) is 3.62. The van der Waals surface area contributed by atoms with Crippen LogP contribution < -0.4 is 4.90 Å². The van der Waals surface area contributed by atoms with Crippen LogP contribution in [0.3, 0.4) is 0 Å². The van der Waals surface area contributed by atoms with Gasteiger partial charge in [-0.05, 0) is 17.7 Å². The van der Waals surface area contributed by atoms with Crippen molar-refractivity contribution < 1.29 is 14.7 Å². The molecule has 1 aliphatic rings. The Morgan fingerprint density at radius 3 is 2.71 bits per heavy atom. The maximum absolute atomic E-state index is 12.4. The van der Waals surface area contributed by atoms with Gasteiger partial charge < -0.3 is 14.9 Å². The van der Waals surface area contributed by atoms with Crippen LogP contribution in [0.15, 0.2) is 36.7 Å². The molecular weight excluding hydrogens is 332 g/mol. The monoisotopic (exact) mass is 346 g/mol. The summed E-state index contributed by atoms with van der Waals surface area (Å²) in [6.45, 7) is 1.85. The van der Waals surface area contributed by atoms with Gasteiger partial charge in [-0.2, -0.15) is 0 Å². The highest BCUT2D eigenvalue weighted by molar-refractivity contribution is 6.30. The lowest BCUT2D eigenvalue weighted by atomic mass is 10.2. The van der Waals surface area contributed by atoms with Gasteiger partial charge >= 0.3 is 5.97 Å². The third-order valence-corrected chi connectivity index (χ3v) is 4.00. The number of carbonyl (C=O) groups is 2. The minimum Gasteiger partial charge on any atom is -0.476 e. The predicted octanol–water partition coefficient (Wildman–Crippen LogP) is 1.68. The number of halogens is 1. The van der Waals surface area contributed by atoms with E-state index >= 15 is 0 Å². The van der Waals surface area contributed by atoms with Crippen molar-refractivity contribution in [2.45, 2.75) is 6.54 Å². The summed E-state index contributed by atoms with van der Waals surface area (Å²) in [5.74, 6) is -0.655. The number of aromatic carboxylic acids is 1. The number of amides is 1. The average Bonchev–Trinajstić information content (AvgIpc) is 2.57. The molecule has 8 heteroatoms. The van der Waals surface area contributed by atoms with Gasteiger partial charge in [-0.25, -0.2) is 14.8 Å². The Morgan fingerprint density at radius 2 is 2.08 bits per heavy atom. The van der Waals surface area contributed by atoms with Gasteiger partial charge in [-0.15, -0.1) is 0 Å². The highest BCUT2D eigenvalue weighted by atomic mass is 35.5. The topological polar surface area (TPSA) is 86.6 Å². The Balaban J connectivity index is 1.64. The van der Waals surface area contributed by atoms with E-state index in [4.69, 9.17) is 16.7 Å². The summed E-state index contributed by atoms with van der Waals surface area (Å²) >= 11 is 5.97. The summed E-state index contributed by atoms with van der Waals surface area (Å²) in [6, 6.07) is 7.43. The summed E-state index contributed by atoms with van der Waals surface area (Å²) in [5, 5.41) is 9.48. The summed E-state index contributed by atoms with van der Waals surface area (Å²) < 4.78 is 0. The number of hydrogen-bond donors (Lipinski definition) is 1. The zero-order valence-corrected chi connectivity index (χ0v) is 13.5. The molecule has 2 aromatic rings. The largest absolute Gasteiger partial charge is 0.476 e. The standard InChI is InChI=1S/C16H15ClN4O3/c17-12-3-1-2-11(6-12)9-21-5-4-20(10-15(21)22)14-8-18-13(7-19-14)16(23)24/h1-3,6-8H,4-5,9-10H2,(H,23,24). The molecule has 24 heavy (non-hydrogen) atoms. The van der Waals surface area contributed by atoms with Crippen LogP contribution >= 0.6 is 11.6 Å². The molecule has 1 N–H and O–H groups in total. The number of anilines is 1. The number of carboxylic acids is 1. The van der Waals surface area contributed by atoms with E-state index in [-0.39, 0.29) is 18.1 Å². The summed E-state index contributed by atoms with van der Waals surface area (Å²) in [7, 11) is 0. The van der Waals surface area contributed by atoms with E-state index < -0.39 is 5.97 Å². The molecule has 0 radical (unpaired) electrons. The van der Waals surface area contributed by atoms with Crippen LogP contribution in [-0.4, -0.2) is 51.5 Å². The van der Waals surface area contributed by atoms with Gasteiger partial charge in [0.1, 0.15) is 5.82 Å². The predicted molar refractivity (Wildman–Crippen MR) is 88.1 cm³/mol. The van der Waals surface area contributed by atoms with Crippen LogP contribution in [0.4, 0.5) is 5.82 Å². The Hall–Kier alpha value is -2.67. The van der Waals surface area contributed by atoms with Crippen LogP contribution in [0, 0.1) is 0 Å². The zero-order chi connectivity index (χ0) is 17.1. The molecular formula is C16H15ClN4O3. The van der Waals surface area contributed by atoms with Gasteiger partial charge in [0.2, 0.25) is 5.91 Å². The highest BCUT2D eigenvalue weighted by Crippen LogP contribution is 2.17. The second-order valence-electron chi connectivity index (χ2n) is 5.43. The summed E-state index contributed by atoms with van der Waals surface area (Å²) in [6.07, 6.45) is 2.57. The first-order valence-electron chi connectivity index (χ1n) is 7.35. The molecule has 0 spiro atoms. The lowest BCUT2D eigenvalue weighted by Crippen LogP contribution is -2.50. The smallest absolute Gasteiger partial charge is 0.356 e. The van der Waals surface area contributed by atoms with Crippen LogP contribution in [0.2, 0.25) is 5.02 Å². The van der Waals surface area contributed by atoms with Crippen molar-refractivity contribution >= 4 is 29.3 Å².